The molecule has 0 amide bonds. The number of nitrogens with two attached hydrogens (primary N) is 1. The summed E-state index contributed by atoms with van der Waals surface area (Å²) in [7, 11) is 0. The number of benzene rings is 2. The summed E-state index contributed by atoms with van der Waals surface area (Å²) in [4.78, 5) is 41.1. The zero-order chi connectivity index (χ0) is 27.3. The van der Waals surface area contributed by atoms with Gasteiger partial charge in [-0.15, -0.1) is 24.4 Å². The monoisotopic (exact) mass is 546 g/mol. The molecule has 1 heterocycles. The number of allylic oxidation sites excluding steroid dienone is 1. The zero-order valence-electron chi connectivity index (χ0n) is 20.3. The number of thioether (sulfide) groups is 1. The van der Waals surface area contributed by atoms with Crippen LogP contribution in [-0.2, 0) is 16.0 Å². The van der Waals surface area contributed by atoms with Crippen molar-refractivity contribution in [3.05, 3.63) is 80.8 Å². The molecule has 11 nitrogen and oxygen atoms in total. The van der Waals surface area contributed by atoms with Gasteiger partial charge < -0.3 is 14.6 Å². The molecular formula is C24H26N4O7S2. The van der Waals surface area contributed by atoms with Crippen LogP contribution in [0.25, 0.3) is 0 Å². The Morgan fingerprint density at radius 2 is 1.97 bits per heavy atom. The Labute approximate surface area is 222 Å². The van der Waals surface area contributed by atoms with Crippen LogP contribution < -0.4 is 10.6 Å². The molecule has 2 unspecified atom stereocenters. The molecule has 1 aliphatic rings. The van der Waals surface area contributed by atoms with Gasteiger partial charge in [-0.25, -0.2) is 20.6 Å². The quantitative estimate of drug-likeness (QED) is 0.132. The van der Waals surface area contributed by atoms with E-state index in [1.807, 2.05) is 0 Å². The molecule has 0 saturated carbocycles. The van der Waals surface area contributed by atoms with Crippen molar-refractivity contribution in [2.75, 3.05) is 12.9 Å². The molecule has 3 rings (SSSR count). The highest BCUT2D eigenvalue weighted by Gasteiger charge is 2.44. The lowest BCUT2D eigenvalue weighted by molar-refractivity contribution is -0.420. The van der Waals surface area contributed by atoms with Crippen molar-refractivity contribution < 1.29 is 29.1 Å². The molecule has 0 aromatic heterocycles. The Kier molecular flexibility index (Phi) is 9.18. The minimum atomic E-state index is -1.36. The van der Waals surface area contributed by atoms with Crippen LogP contribution in [0.4, 0.5) is 0 Å². The van der Waals surface area contributed by atoms with Gasteiger partial charge >= 0.3 is 17.6 Å². The number of ether oxygens (including phenoxy) is 2. The number of carbonyl (C=O) groups excluding carboxylic acids is 1. The van der Waals surface area contributed by atoms with Gasteiger partial charge in [0.25, 0.3) is 5.88 Å². The molecule has 2 aromatic carbocycles. The number of hydrazine groups is 1. The number of aliphatic carboxylic acids is 1. The number of carboxylic acids is 1. The first-order chi connectivity index (χ1) is 17.5. The Balaban J connectivity index is 2.11. The van der Waals surface area contributed by atoms with Crippen molar-refractivity contribution in [1.82, 2.24) is 5.01 Å². The van der Waals surface area contributed by atoms with E-state index < -0.39 is 39.9 Å². The molecule has 0 fully saturated rings. The largest absolute Gasteiger partial charge is 0.481 e. The van der Waals surface area contributed by atoms with Gasteiger partial charge in [0.1, 0.15) is 17.4 Å². The first-order valence-electron chi connectivity index (χ1n) is 11.1. The lowest BCUT2D eigenvalue weighted by Gasteiger charge is -2.31. The second kappa shape index (κ2) is 12.1. The van der Waals surface area contributed by atoms with Crippen LogP contribution in [0.1, 0.15) is 28.4 Å². The van der Waals surface area contributed by atoms with Gasteiger partial charge in [0.2, 0.25) is 0 Å². The smallest absolute Gasteiger partial charge is 0.352 e. The Morgan fingerprint density at radius 1 is 1.30 bits per heavy atom. The van der Waals surface area contributed by atoms with Crippen LogP contribution >= 0.6 is 24.4 Å². The second-order valence-corrected chi connectivity index (χ2v) is 9.42. The van der Waals surface area contributed by atoms with E-state index in [4.69, 9.17) is 15.3 Å². The molecule has 0 aliphatic carbocycles. The van der Waals surface area contributed by atoms with Crippen molar-refractivity contribution in [3.8, 4) is 5.75 Å². The third kappa shape index (κ3) is 6.61. The number of carboxylic acid groups (broad SMARTS) is 1. The minimum Gasteiger partial charge on any atom is -0.481 e. The average molecular weight is 547 g/mol. The highest BCUT2D eigenvalue weighted by molar-refractivity contribution is 7.99. The predicted molar refractivity (Wildman–Crippen MR) is 141 cm³/mol. The van der Waals surface area contributed by atoms with Crippen LogP contribution in [0.3, 0.4) is 0 Å². The summed E-state index contributed by atoms with van der Waals surface area (Å²) in [5, 5.41) is 23.3. The number of hydrogen-bond donors (Lipinski definition) is 3. The van der Waals surface area contributed by atoms with Crippen LogP contribution in [0, 0.1) is 23.0 Å². The summed E-state index contributed by atoms with van der Waals surface area (Å²) in [6.45, 7) is 3.55. The van der Waals surface area contributed by atoms with Gasteiger partial charge in [-0.05, 0) is 68.0 Å². The standard InChI is InChI=1S/C24H26N4O7S2/c1-4-34-23(31)15-9-13(2)10-16(12-15)35-21-20(28(32)33)19(26-24(37-3)27(21)25)18(22(29)30)11-14-5-7-17(36)8-6-14/h5-10,12,18,24,36H,4,11,25H2,1-3H3,(H,29,30). The van der Waals surface area contributed by atoms with Gasteiger partial charge in [0, 0.05) is 4.90 Å². The van der Waals surface area contributed by atoms with Crippen molar-refractivity contribution in [3.63, 3.8) is 0 Å². The van der Waals surface area contributed by atoms with E-state index in [9.17, 15) is 24.8 Å². The van der Waals surface area contributed by atoms with E-state index in [1.54, 1.807) is 56.5 Å². The fraction of sp³-hybridized carbons (Fsp3) is 0.292. The molecular weight excluding hydrogens is 520 g/mol. The fourth-order valence-electron chi connectivity index (χ4n) is 3.69. The molecule has 13 heteroatoms. The molecule has 1 aliphatic heterocycles. The summed E-state index contributed by atoms with van der Waals surface area (Å²) in [6, 6.07) is 11.3. The number of carbonyl (C=O) groups is 2. The van der Waals surface area contributed by atoms with Gasteiger partial charge in [-0.1, -0.05) is 12.1 Å². The third-order valence-corrected chi connectivity index (χ3v) is 6.39. The van der Waals surface area contributed by atoms with Crippen molar-refractivity contribution in [2.45, 2.75) is 30.7 Å². The van der Waals surface area contributed by atoms with E-state index in [0.29, 0.717) is 16.0 Å². The fourth-order valence-corrected chi connectivity index (χ4v) is 4.38. The molecule has 0 bridgehead atoms. The van der Waals surface area contributed by atoms with Gasteiger partial charge in [-0.2, -0.15) is 0 Å². The lowest BCUT2D eigenvalue weighted by Crippen LogP contribution is -2.47. The van der Waals surface area contributed by atoms with Crippen LogP contribution in [0.5, 0.6) is 5.75 Å². The Hall–Kier alpha value is -3.55. The normalized spacial score (nSPS) is 16.2. The van der Waals surface area contributed by atoms with Gasteiger partial charge in [-0.3, -0.25) is 14.9 Å². The van der Waals surface area contributed by atoms with Crippen LogP contribution in [0.2, 0.25) is 0 Å². The Morgan fingerprint density at radius 3 is 2.54 bits per heavy atom. The number of esters is 1. The number of rotatable bonds is 10. The maximum absolute atomic E-state index is 12.3. The zero-order valence-corrected chi connectivity index (χ0v) is 22.0. The molecule has 2 aromatic rings. The van der Waals surface area contributed by atoms with Crippen LogP contribution in [0.15, 0.2) is 63.9 Å². The average Bonchev–Trinajstić information content (AvgIpc) is 2.84. The van der Waals surface area contributed by atoms with E-state index in [0.717, 1.165) is 16.8 Å². The molecule has 0 spiro atoms. The predicted octanol–water partition coefficient (Wildman–Crippen LogP) is 3.51. The van der Waals surface area contributed by atoms with E-state index >= 15 is 0 Å². The number of nitrogens with zero attached hydrogens (tertiary/aromatic N) is 3. The lowest BCUT2D eigenvalue weighted by atomic mass is 9.92. The van der Waals surface area contributed by atoms with Gasteiger partial charge in [0.15, 0.2) is 5.50 Å². The maximum Gasteiger partial charge on any atom is 0.352 e. The topological polar surface area (TPSA) is 158 Å². The second-order valence-electron chi connectivity index (χ2n) is 8.01. The number of hydrogen-bond acceptors (Lipinski definition) is 11. The van der Waals surface area contributed by atoms with Gasteiger partial charge in [0.05, 0.1) is 17.1 Å². The number of thiol groups is 1. The molecule has 37 heavy (non-hydrogen) atoms. The summed E-state index contributed by atoms with van der Waals surface area (Å²) in [5.41, 5.74) is -0.399. The first-order valence-corrected chi connectivity index (χ1v) is 12.8. The molecule has 2 atom stereocenters. The summed E-state index contributed by atoms with van der Waals surface area (Å²) in [5.74, 6) is 2.62. The van der Waals surface area contributed by atoms with E-state index in [2.05, 4.69) is 17.6 Å². The van der Waals surface area contributed by atoms with E-state index in [-0.39, 0.29) is 30.1 Å². The molecule has 0 radical (unpaired) electrons. The molecule has 3 N–H and O–H groups in total. The van der Waals surface area contributed by atoms with E-state index in [1.165, 1.54) is 6.07 Å². The third-order valence-electron chi connectivity index (χ3n) is 5.34. The number of aryl methyl sites for hydroxylation is 1. The minimum absolute atomic E-state index is 0.0596. The molecule has 196 valence electrons. The van der Waals surface area contributed by atoms with Crippen molar-refractivity contribution in [2.24, 2.45) is 16.8 Å². The Bertz CT molecular complexity index is 1260. The summed E-state index contributed by atoms with van der Waals surface area (Å²) >= 11 is 5.37. The summed E-state index contributed by atoms with van der Waals surface area (Å²) < 4.78 is 10.9. The maximum atomic E-state index is 12.3. The van der Waals surface area contributed by atoms with Crippen LogP contribution in [-0.4, -0.2) is 51.0 Å². The first kappa shape index (κ1) is 28.0. The number of aliphatic imine (C=N–C) groups is 1. The number of nitro groups is 1. The highest BCUT2D eigenvalue weighted by Crippen LogP contribution is 2.32. The SMILES string of the molecule is CCOC(=O)c1cc(C)cc(OC2=C([N+](=O)[O-])C(C(Cc3ccc(S)cc3)C(=O)O)=NC(SC)N2N)c1. The highest BCUT2D eigenvalue weighted by atomic mass is 32.2. The van der Waals surface area contributed by atoms with Crippen molar-refractivity contribution >= 4 is 42.0 Å². The van der Waals surface area contributed by atoms with Crippen molar-refractivity contribution in [1.29, 1.82) is 0 Å². The molecule has 0 saturated heterocycles. The summed E-state index contributed by atoms with van der Waals surface area (Å²) in [6.07, 6.45) is 1.61.